The van der Waals surface area contributed by atoms with E-state index in [0.29, 0.717) is 0 Å². The Hall–Kier alpha value is -0.130. The van der Waals surface area contributed by atoms with Gasteiger partial charge in [-0.1, -0.05) is 19.3 Å². The van der Waals surface area contributed by atoms with Crippen LogP contribution in [-0.4, -0.2) is 33.3 Å². The summed E-state index contributed by atoms with van der Waals surface area (Å²) >= 11 is 0. The van der Waals surface area contributed by atoms with Gasteiger partial charge in [-0.3, -0.25) is 0 Å². The number of rotatable bonds is 7. The quantitative estimate of drug-likeness (QED) is 0.686. The molecule has 4 nitrogen and oxygen atoms in total. The first kappa shape index (κ1) is 14.9. The smallest absolute Gasteiger partial charge is 0.212 e. The highest BCUT2D eigenvalue weighted by Crippen LogP contribution is 2.28. The third-order valence-electron chi connectivity index (χ3n) is 3.45. The van der Waals surface area contributed by atoms with Crippen molar-refractivity contribution in [1.82, 2.24) is 10.0 Å². The van der Waals surface area contributed by atoms with Crippen molar-refractivity contribution < 1.29 is 8.42 Å². The van der Waals surface area contributed by atoms with Crippen molar-refractivity contribution in [2.24, 2.45) is 0 Å². The van der Waals surface area contributed by atoms with Gasteiger partial charge in [0, 0.05) is 5.54 Å². The lowest BCUT2D eigenvalue weighted by Crippen LogP contribution is -2.47. The van der Waals surface area contributed by atoms with Crippen molar-refractivity contribution in [2.75, 3.05) is 19.3 Å². The predicted molar refractivity (Wildman–Crippen MR) is 71.6 cm³/mol. The minimum Gasteiger partial charge on any atom is -0.320 e. The first-order chi connectivity index (χ1) is 7.97. The zero-order valence-corrected chi connectivity index (χ0v) is 11.9. The summed E-state index contributed by atoms with van der Waals surface area (Å²) in [6, 6.07) is 0. The lowest BCUT2D eigenvalue weighted by Gasteiger charge is -2.34. The maximum Gasteiger partial charge on any atom is 0.212 e. The predicted octanol–water partition coefficient (Wildman–Crippen LogP) is 1.63. The number of hydrogen-bond donors (Lipinski definition) is 2. The van der Waals surface area contributed by atoms with Crippen LogP contribution in [0.1, 0.15) is 51.9 Å². The third-order valence-corrected chi connectivity index (χ3v) is 5.08. The average molecular weight is 262 g/mol. The summed E-state index contributed by atoms with van der Waals surface area (Å²) in [6.45, 7) is 2.92. The largest absolute Gasteiger partial charge is 0.320 e. The number of sulfonamides is 1. The Bertz CT molecular complexity index is 308. The SMILES string of the molecule is CNCCCCS(=O)(=O)NC1(C)CCCCC1. The second-order valence-electron chi connectivity index (χ2n) is 5.35. The monoisotopic (exact) mass is 262 g/mol. The van der Waals surface area contributed by atoms with Gasteiger partial charge < -0.3 is 5.32 Å². The van der Waals surface area contributed by atoms with E-state index in [0.717, 1.165) is 45.1 Å². The highest BCUT2D eigenvalue weighted by molar-refractivity contribution is 7.89. The van der Waals surface area contributed by atoms with E-state index < -0.39 is 10.0 Å². The Morgan fingerprint density at radius 2 is 1.76 bits per heavy atom. The van der Waals surface area contributed by atoms with Gasteiger partial charge in [-0.25, -0.2) is 13.1 Å². The fraction of sp³-hybridized carbons (Fsp3) is 1.00. The molecule has 1 saturated carbocycles. The molecule has 0 aromatic carbocycles. The Morgan fingerprint density at radius 1 is 1.12 bits per heavy atom. The first-order valence-corrected chi connectivity index (χ1v) is 8.29. The molecular weight excluding hydrogens is 236 g/mol. The maximum atomic E-state index is 11.9. The molecule has 0 aromatic heterocycles. The Labute approximate surface area is 106 Å². The fourth-order valence-electron chi connectivity index (χ4n) is 2.45. The molecule has 2 N–H and O–H groups in total. The lowest BCUT2D eigenvalue weighted by atomic mass is 9.84. The van der Waals surface area contributed by atoms with Gasteiger partial charge in [-0.2, -0.15) is 0 Å². The molecule has 0 amide bonds. The molecule has 0 saturated heterocycles. The normalized spacial score (nSPS) is 20.4. The first-order valence-electron chi connectivity index (χ1n) is 6.64. The molecular formula is C12H26N2O2S. The molecule has 0 atom stereocenters. The van der Waals surface area contributed by atoms with Gasteiger partial charge in [0.05, 0.1) is 5.75 Å². The van der Waals surface area contributed by atoms with Crippen LogP contribution < -0.4 is 10.0 Å². The van der Waals surface area contributed by atoms with Gasteiger partial charge in [-0.05, 0) is 46.2 Å². The molecule has 0 aliphatic heterocycles. The molecule has 1 fully saturated rings. The molecule has 0 heterocycles. The molecule has 5 heteroatoms. The van der Waals surface area contributed by atoms with Crippen LogP contribution >= 0.6 is 0 Å². The van der Waals surface area contributed by atoms with E-state index in [4.69, 9.17) is 0 Å². The summed E-state index contributed by atoms with van der Waals surface area (Å²) < 4.78 is 26.8. The molecule has 0 aromatic rings. The summed E-state index contributed by atoms with van der Waals surface area (Å²) in [5.74, 6) is 0.254. The molecule has 1 aliphatic carbocycles. The topological polar surface area (TPSA) is 58.2 Å². The van der Waals surface area contributed by atoms with E-state index in [1.165, 1.54) is 6.42 Å². The Morgan fingerprint density at radius 3 is 2.35 bits per heavy atom. The maximum absolute atomic E-state index is 11.9. The van der Waals surface area contributed by atoms with E-state index in [1.54, 1.807) is 0 Å². The Balaban J connectivity index is 2.37. The van der Waals surface area contributed by atoms with Crippen molar-refractivity contribution >= 4 is 10.0 Å². The lowest BCUT2D eigenvalue weighted by molar-refractivity contribution is 0.294. The van der Waals surface area contributed by atoms with Crippen LogP contribution in [0.4, 0.5) is 0 Å². The van der Waals surface area contributed by atoms with Crippen LogP contribution in [0.3, 0.4) is 0 Å². The third kappa shape index (κ3) is 5.84. The highest BCUT2D eigenvalue weighted by atomic mass is 32.2. The van der Waals surface area contributed by atoms with Crippen molar-refractivity contribution in [3.63, 3.8) is 0 Å². The molecule has 1 aliphatic rings. The van der Waals surface area contributed by atoms with Crippen LogP contribution in [0.2, 0.25) is 0 Å². The fourth-order valence-corrected chi connectivity index (χ4v) is 4.10. The standard InChI is InChI=1S/C12H26N2O2S/c1-12(8-4-3-5-9-12)14-17(15,16)11-7-6-10-13-2/h13-14H,3-11H2,1-2H3. The van der Waals surface area contributed by atoms with Gasteiger partial charge in [0.2, 0.25) is 10.0 Å². The zero-order chi connectivity index (χ0) is 12.8. The van der Waals surface area contributed by atoms with Gasteiger partial charge in [0.1, 0.15) is 0 Å². The van der Waals surface area contributed by atoms with Crippen LogP contribution in [0.5, 0.6) is 0 Å². The molecule has 0 radical (unpaired) electrons. The van der Waals surface area contributed by atoms with Gasteiger partial charge >= 0.3 is 0 Å². The number of unbranched alkanes of at least 4 members (excludes halogenated alkanes) is 1. The second-order valence-corrected chi connectivity index (χ2v) is 7.19. The van der Waals surface area contributed by atoms with Crippen LogP contribution in [-0.2, 0) is 10.0 Å². The molecule has 102 valence electrons. The average Bonchev–Trinajstić information content (AvgIpc) is 2.24. The van der Waals surface area contributed by atoms with Crippen LogP contribution in [0, 0.1) is 0 Å². The number of nitrogens with one attached hydrogen (secondary N) is 2. The van der Waals surface area contributed by atoms with Gasteiger partial charge in [-0.15, -0.1) is 0 Å². The summed E-state index contributed by atoms with van der Waals surface area (Å²) in [6.07, 6.45) is 7.10. The Kier molecular flexibility index (Phi) is 5.89. The molecule has 0 bridgehead atoms. The minimum atomic E-state index is -3.10. The van der Waals surface area contributed by atoms with E-state index in [-0.39, 0.29) is 11.3 Å². The second kappa shape index (κ2) is 6.71. The van der Waals surface area contributed by atoms with Crippen molar-refractivity contribution in [3.8, 4) is 0 Å². The highest BCUT2D eigenvalue weighted by Gasteiger charge is 2.30. The molecule has 1 rings (SSSR count). The number of hydrogen-bond acceptors (Lipinski definition) is 3. The van der Waals surface area contributed by atoms with Crippen LogP contribution in [0.25, 0.3) is 0 Å². The van der Waals surface area contributed by atoms with E-state index in [2.05, 4.69) is 10.0 Å². The van der Waals surface area contributed by atoms with Crippen molar-refractivity contribution in [3.05, 3.63) is 0 Å². The van der Waals surface area contributed by atoms with E-state index in [9.17, 15) is 8.42 Å². The van der Waals surface area contributed by atoms with E-state index >= 15 is 0 Å². The van der Waals surface area contributed by atoms with Gasteiger partial charge in [0.15, 0.2) is 0 Å². The summed E-state index contributed by atoms with van der Waals surface area (Å²) in [4.78, 5) is 0. The molecule has 0 spiro atoms. The molecule has 17 heavy (non-hydrogen) atoms. The van der Waals surface area contributed by atoms with E-state index in [1.807, 2.05) is 14.0 Å². The summed E-state index contributed by atoms with van der Waals surface area (Å²) in [7, 11) is -1.21. The van der Waals surface area contributed by atoms with Crippen LogP contribution in [0.15, 0.2) is 0 Å². The summed E-state index contributed by atoms with van der Waals surface area (Å²) in [5, 5.41) is 3.03. The zero-order valence-electron chi connectivity index (χ0n) is 11.1. The minimum absolute atomic E-state index is 0.194. The van der Waals surface area contributed by atoms with Gasteiger partial charge in [0.25, 0.3) is 0 Å². The van der Waals surface area contributed by atoms with Crippen molar-refractivity contribution in [1.29, 1.82) is 0 Å². The molecule has 0 unspecified atom stereocenters. The van der Waals surface area contributed by atoms with Crippen molar-refractivity contribution in [2.45, 2.75) is 57.4 Å². The summed E-state index contributed by atoms with van der Waals surface area (Å²) in [5.41, 5.74) is -0.194.